The summed E-state index contributed by atoms with van der Waals surface area (Å²) in [5.41, 5.74) is 3.91. The van der Waals surface area contributed by atoms with Crippen molar-refractivity contribution in [2.75, 3.05) is 5.32 Å². The third-order valence-corrected chi connectivity index (χ3v) is 6.16. The summed E-state index contributed by atoms with van der Waals surface area (Å²) >= 11 is 5.93. The van der Waals surface area contributed by atoms with Crippen LogP contribution in [0.25, 0.3) is 0 Å². The monoisotopic (exact) mass is 405 g/mol. The van der Waals surface area contributed by atoms with Gasteiger partial charge in [-0.1, -0.05) is 60.2 Å². The summed E-state index contributed by atoms with van der Waals surface area (Å²) in [6.45, 7) is 0.491. The van der Waals surface area contributed by atoms with Crippen molar-refractivity contribution in [2.45, 2.75) is 25.0 Å². The molecule has 5 rings (SSSR count). The van der Waals surface area contributed by atoms with E-state index in [0.717, 1.165) is 33.9 Å². The molecule has 2 nitrogen and oxygen atoms in total. The molecule has 0 spiro atoms. The molecule has 2 aliphatic rings. The van der Waals surface area contributed by atoms with E-state index in [9.17, 15) is 4.39 Å². The topological polar surface area (TPSA) is 21.3 Å². The lowest BCUT2D eigenvalue weighted by Gasteiger charge is -2.37. The summed E-state index contributed by atoms with van der Waals surface area (Å²) in [5, 5.41) is 4.19. The maximum Gasteiger partial charge on any atom is 0.146 e. The third-order valence-electron chi connectivity index (χ3n) is 5.90. The van der Waals surface area contributed by atoms with Gasteiger partial charge in [0, 0.05) is 10.9 Å². The number of hydrogen-bond acceptors (Lipinski definition) is 2. The smallest absolute Gasteiger partial charge is 0.146 e. The molecule has 1 aliphatic carbocycles. The number of para-hydroxylation sites is 1. The van der Waals surface area contributed by atoms with Crippen LogP contribution in [0.15, 0.2) is 78.9 Å². The molecule has 1 N–H and O–H groups in total. The molecular weight excluding hydrogens is 385 g/mol. The third kappa shape index (κ3) is 3.51. The Labute approximate surface area is 175 Å². The van der Waals surface area contributed by atoms with Crippen LogP contribution in [0.2, 0.25) is 5.02 Å². The van der Waals surface area contributed by atoms with Gasteiger partial charge >= 0.3 is 0 Å². The zero-order valence-electron chi connectivity index (χ0n) is 15.8. The molecule has 3 aromatic carbocycles. The van der Waals surface area contributed by atoms with E-state index in [0.29, 0.717) is 18.2 Å². The number of anilines is 1. The predicted molar refractivity (Wildman–Crippen MR) is 115 cm³/mol. The molecule has 29 heavy (non-hydrogen) atoms. The largest absolute Gasteiger partial charge is 0.489 e. The lowest BCUT2D eigenvalue weighted by Crippen LogP contribution is -2.29. The first-order valence-corrected chi connectivity index (χ1v) is 10.3. The number of fused-ring (bicyclic) bond motifs is 3. The Kier molecular flexibility index (Phi) is 4.76. The van der Waals surface area contributed by atoms with E-state index in [1.54, 1.807) is 6.07 Å². The Balaban J connectivity index is 1.34. The Morgan fingerprint density at radius 3 is 2.59 bits per heavy atom. The van der Waals surface area contributed by atoms with Gasteiger partial charge in [-0.15, -0.1) is 0 Å². The highest BCUT2D eigenvalue weighted by Gasteiger charge is 2.38. The average molecular weight is 406 g/mol. The van der Waals surface area contributed by atoms with Crippen molar-refractivity contribution in [2.24, 2.45) is 5.92 Å². The van der Waals surface area contributed by atoms with E-state index in [1.807, 2.05) is 42.5 Å². The zero-order chi connectivity index (χ0) is 19.8. The van der Waals surface area contributed by atoms with E-state index >= 15 is 0 Å². The van der Waals surface area contributed by atoms with Gasteiger partial charge in [0.05, 0.1) is 11.7 Å². The highest BCUT2D eigenvalue weighted by molar-refractivity contribution is 6.30. The van der Waals surface area contributed by atoms with Gasteiger partial charge in [0.15, 0.2) is 0 Å². The standard InChI is InChI=1S/C25H21ClFNO/c26-18-11-7-16(8-12-18)15-29-19-13-9-17(10-14-19)24-21-4-1-3-20(21)22-5-2-6-23(27)25(22)28-24/h1-3,5-14,20-21,24,28H,4,15H2/t20-,21+,24+/m1/s1. The van der Waals surface area contributed by atoms with Crippen LogP contribution in [-0.4, -0.2) is 0 Å². The number of ether oxygens (including phenoxy) is 1. The van der Waals surface area contributed by atoms with Crippen molar-refractivity contribution in [1.82, 2.24) is 0 Å². The summed E-state index contributed by atoms with van der Waals surface area (Å²) < 4.78 is 20.4. The summed E-state index contributed by atoms with van der Waals surface area (Å²) in [6, 6.07) is 21.2. The van der Waals surface area contributed by atoms with Gasteiger partial charge in [0.1, 0.15) is 18.2 Å². The second-order valence-corrected chi connectivity index (χ2v) is 8.10. The lowest BCUT2D eigenvalue weighted by atomic mass is 9.77. The Morgan fingerprint density at radius 2 is 1.79 bits per heavy atom. The Bertz CT molecular complexity index is 1050. The van der Waals surface area contributed by atoms with Crippen LogP contribution < -0.4 is 10.1 Å². The molecule has 0 fully saturated rings. The summed E-state index contributed by atoms with van der Waals surface area (Å²) in [6.07, 6.45) is 5.43. The fraction of sp³-hybridized carbons (Fsp3) is 0.200. The van der Waals surface area contributed by atoms with Crippen molar-refractivity contribution < 1.29 is 9.13 Å². The number of rotatable bonds is 4. The van der Waals surface area contributed by atoms with Gasteiger partial charge in [0.25, 0.3) is 0 Å². The van der Waals surface area contributed by atoms with Crippen molar-refractivity contribution in [3.8, 4) is 5.75 Å². The molecule has 0 saturated heterocycles. The van der Waals surface area contributed by atoms with Crippen molar-refractivity contribution >= 4 is 17.3 Å². The molecule has 0 saturated carbocycles. The Morgan fingerprint density at radius 1 is 1.00 bits per heavy atom. The normalized spacial score (nSPS) is 21.9. The van der Waals surface area contributed by atoms with Gasteiger partial charge in [-0.05, 0) is 59.4 Å². The van der Waals surface area contributed by atoms with Gasteiger partial charge in [0.2, 0.25) is 0 Å². The highest BCUT2D eigenvalue weighted by Crippen LogP contribution is 2.50. The molecule has 0 aromatic heterocycles. The number of allylic oxidation sites excluding steroid dienone is 2. The number of nitrogens with one attached hydrogen (secondary N) is 1. The maximum absolute atomic E-state index is 14.5. The number of benzene rings is 3. The second kappa shape index (κ2) is 7.57. The zero-order valence-corrected chi connectivity index (χ0v) is 16.6. The highest BCUT2D eigenvalue weighted by atomic mass is 35.5. The van der Waals surface area contributed by atoms with E-state index in [-0.39, 0.29) is 17.8 Å². The maximum atomic E-state index is 14.5. The first-order valence-electron chi connectivity index (χ1n) is 9.88. The minimum atomic E-state index is -0.186. The fourth-order valence-electron chi connectivity index (χ4n) is 4.43. The molecule has 0 bridgehead atoms. The minimum Gasteiger partial charge on any atom is -0.489 e. The molecule has 1 heterocycles. The van der Waals surface area contributed by atoms with Crippen LogP contribution >= 0.6 is 11.6 Å². The Hall–Kier alpha value is -2.78. The molecule has 0 radical (unpaired) electrons. The van der Waals surface area contributed by atoms with Crippen LogP contribution in [0.4, 0.5) is 10.1 Å². The molecule has 1 aliphatic heterocycles. The van der Waals surface area contributed by atoms with Gasteiger partial charge in [-0.2, -0.15) is 0 Å². The second-order valence-electron chi connectivity index (χ2n) is 7.66. The summed E-state index contributed by atoms with van der Waals surface area (Å²) in [7, 11) is 0. The first kappa shape index (κ1) is 18.3. The quantitative estimate of drug-likeness (QED) is 0.477. The van der Waals surface area contributed by atoms with Crippen molar-refractivity contribution in [1.29, 1.82) is 0 Å². The SMILES string of the molecule is Fc1cccc2c1N[C@@H](c1ccc(OCc3ccc(Cl)cc3)cc1)[C@H]1CC=C[C@@H]21. The van der Waals surface area contributed by atoms with Crippen LogP contribution in [0.1, 0.15) is 35.1 Å². The van der Waals surface area contributed by atoms with E-state index in [4.69, 9.17) is 16.3 Å². The van der Waals surface area contributed by atoms with Crippen LogP contribution in [0.3, 0.4) is 0 Å². The van der Waals surface area contributed by atoms with E-state index < -0.39 is 0 Å². The molecule has 3 atom stereocenters. The van der Waals surface area contributed by atoms with Crippen LogP contribution in [-0.2, 0) is 6.61 Å². The fourth-order valence-corrected chi connectivity index (χ4v) is 4.56. The molecular formula is C25H21ClFNO. The first-order chi connectivity index (χ1) is 14.2. The van der Waals surface area contributed by atoms with Crippen molar-refractivity contribution in [3.05, 3.63) is 106 Å². The van der Waals surface area contributed by atoms with Crippen molar-refractivity contribution in [3.63, 3.8) is 0 Å². The lowest BCUT2D eigenvalue weighted by molar-refractivity contribution is 0.306. The van der Waals surface area contributed by atoms with Gasteiger partial charge in [-0.25, -0.2) is 4.39 Å². The summed E-state index contributed by atoms with van der Waals surface area (Å²) in [5.74, 6) is 1.28. The average Bonchev–Trinajstić information content (AvgIpc) is 3.24. The van der Waals surface area contributed by atoms with Gasteiger partial charge < -0.3 is 10.1 Å². The molecule has 146 valence electrons. The van der Waals surface area contributed by atoms with E-state index in [2.05, 4.69) is 29.6 Å². The van der Waals surface area contributed by atoms with Crippen LogP contribution in [0, 0.1) is 11.7 Å². The van der Waals surface area contributed by atoms with Gasteiger partial charge in [-0.3, -0.25) is 0 Å². The molecule has 3 aromatic rings. The minimum absolute atomic E-state index is 0.0738. The summed E-state index contributed by atoms with van der Waals surface area (Å²) in [4.78, 5) is 0. The van der Waals surface area contributed by atoms with Crippen LogP contribution in [0.5, 0.6) is 5.75 Å². The predicted octanol–water partition coefficient (Wildman–Crippen LogP) is 6.88. The number of hydrogen-bond donors (Lipinski definition) is 1. The molecule has 0 amide bonds. The number of halogens is 2. The molecule has 4 heteroatoms. The molecule has 0 unspecified atom stereocenters. The van der Waals surface area contributed by atoms with E-state index in [1.165, 1.54) is 6.07 Å².